The fourth-order valence-corrected chi connectivity index (χ4v) is 3.17. The summed E-state index contributed by atoms with van der Waals surface area (Å²) in [5, 5.41) is 3.24. The van der Waals surface area contributed by atoms with Gasteiger partial charge in [-0.25, -0.2) is 14.4 Å². The zero-order valence-electron chi connectivity index (χ0n) is 14.4. The van der Waals surface area contributed by atoms with Crippen LogP contribution in [0.3, 0.4) is 0 Å². The van der Waals surface area contributed by atoms with Crippen LogP contribution in [0.4, 0.5) is 10.3 Å². The Balaban J connectivity index is 0.00000243. The molecule has 0 spiro atoms. The van der Waals surface area contributed by atoms with Crippen molar-refractivity contribution in [1.82, 2.24) is 20.2 Å². The van der Waals surface area contributed by atoms with E-state index in [4.69, 9.17) is 0 Å². The van der Waals surface area contributed by atoms with Gasteiger partial charge in [0.2, 0.25) is 5.95 Å². The van der Waals surface area contributed by atoms with E-state index in [0.29, 0.717) is 12.1 Å². The fourth-order valence-electron chi connectivity index (χ4n) is 2.76. The molecule has 9 heteroatoms. The Morgan fingerprint density at radius 1 is 1.23 bits per heavy atom. The van der Waals surface area contributed by atoms with Crippen LogP contribution in [0.25, 0.3) is 0 Å². The van der Waals surface area contributed by atoms with E-state index < -0.39 is 0 Å². The van der Waals surface area contributed by atoms with Gasteiger partial charge >= 0.3 is 0 Å². The summed E-state index contributed by atoms with van der Waals surface area (Å²) < 4.78 is 14.7. The Hall–Kier alpha value is -1.49. The van der Waals surface area contributed by atoms with E-state index in [0.717, 1.165) is 42.6 Å². The summed E-state index contributed by atoms with van der Waals surface area (Å²) in [6.45, 7) is 3.63. The van der Waals surface area contributed by atoms with E-state index in [9.17, 15) is 4.39 Å². The number of anilines is 1. The van der Waals surface area contributed by atoms with Gasteiger partial charge in [0.25, 0.3) is 0 Å². The van der Waals surface area contributed by atoms with Crippen molar-refractivity contribution in [3.05, 3.63) is 52.5 Å². The van der Waals surface area contributed by atoms with Crippen molar-refractivity contribution >= 4 is 51.8 Å². The van der Waals surface area contributed by atoms with Crippen LogP contribution in [-0.2, 0) is 6.54 Å². The summed E-state index contributed by atoms with van der Waals surface area (Å²) >= 11 is 3.37. The van der Waals surface area contributed by atoms with Crippen molar-refractivity contribution < 1.29 is 4.39 Å². The molecule has 1 N–H and O–H groups in total. The number of nitrogens with zero attached hydrogens (tertiary/aromatic N) is 5. The molecule has 1 aromatic carbocycles. The first-order valence-corrected chi connectivity index (χ1v) is 8.88. The third-order valence-electron chi connectivity index (χ3n) is 4.07. The van der Waals surface area contributed by atoms with Gasteiger partial charge < -0.3 is 15.1 Å². The molecule has 3 rings (SSSR count). The van der Waals surface area contributed by atoms with Gasteiger partial charge in [0.05, 0.1) is 0 Å². The first-order chi connectivity index (χ1) is 12.2. The zero-order valence-corrected chi connectivity index (χ0v) is 18.3. The van der Waals surface area contributed by atoms with Crippen LogP contribution in [0, 0.1) is 5.82 Å². The van der Waals surface area contributed by atoms with Crippen LogP contribution in [0.2, 0.25) is 0 Å². The number of aliphatic imine (C=N–C) groups is 1. The number of benzene rings is 1. The number of halogens is 3. The minimum absolute atomic E-state index is 0. The molecule has 6 nitrogen and oxygen atoms in total. The highest BCUT2D eigenvalue weighted by Crippen LogP contribution is 2.15. The average Bonchev–Trinajstić information content (AvgIpc) is 2.66. The lowest BCUT2D eigenvalue weighted by Crippen LogP contribution is -2.52. The molecule has 1 saturated heterocycles. The second-order valence-electron chi connectivity index (χ2n) is 5.66. The van der Waals surface area contributed by atoms with Crippen LogP contribution in [0.15, 0.2) is 46.1 Å². The van der Waals surface area contributed by atoms with Crippen molar-refractivity contribution in [2.45, 2.75) is 6.54 Å². The number of aromatic nitrogens is 2. The smallest absolute Gasteiger partial charge is 0.225 e. The van der Waals surface area contributed by atoms with Crippen LogP contribution in [-0.4, -0.2) is 54.1 Å². The first kappa shape index (κ1) is 20.8. The topological polar surface area (TPSA) is 56.7 Å². The zero-order chi connectivity index (χ0) is 17.6. The molecule has 0 bridgehead atoms. The minimum Gasteiger partial charge on any atom is -0.352 e. The highest BCUT2D eigenvalue weighted by molar-refractivity contribution is 14.0. The predicted molar refractivity (Wildman–Crippen MR) is 116 cm³/mol. The Morgan fingerprint density at radius 2 is 1.92 bits per heavy atom. The van der Waals surface area contributed by atoms with Crippen LogP contribution in [0.1, 0.15) is 5.56 Å². The molecule has 0 saturated carbocycles. The van der Waals surface area contributed by atoms with Crippen molar-refractivity contribution in [3.63, 3.8) is 0 Å². The molecule has 140 valence electrons. The van der Waals surface area contributed by atoms with Gasteiger partial charge in [0, 0.05) is 62.2 Å². The third kappa shape index (κ3) is 5.26. The lowest BCUT2D eigenvalue weighted by atomic mass is 10.2. The Labute approximate surface area is 178 Å². The van der Waals surface area contributed by atoms with Crippen LogP contribution >= 0.6 is 39.9 Å². The highest BCUT2D eigenvalue weighted by Gasteiger charge is 2.21. The standard InChI is InChI=1S/C17H20BrFN6.HI/c1-20-16(23-12-13-11-14(18)3-4-15(13)19)24-7-9-25(10-8-24)17-21-5-2-6-22-17;/h2-6,11H,7-10,12H2,1H3,(H,20,23);1H. The Kier molecular flexibility index (Phi) is 8.01. The molecule has 0 radical (unpaired) electrons. The summed E-state index contributed by atoms with van der Waals surface area (Å²) in [4.78, 5) is 17.2. The van der Waals surface area contributed by atoms with Crippen molar-refractivity contribution in [2.75, 3.05) is 38.1 Å². The lowest BCUT2D eigenvalue weighted by Gasteiger charge is -2.36. The quantitative estimate of drug-likeness (QED) is 0.373. The van der Waals surface area contributed by atoms with E-state index in [1.54, 1.807) is 31.6 Å². The first-order valence-electron chi connectivity index (χ1n) is 8.09. The molecule has 2 aromatic rings. The molecule has 2 heterocycles. The maximum atomic E-state index is 13.9. The molecule has 1 aromatic heterocycles. The molecule has 1 aliphatic heterocycles. The van der Waals surface area contributed by atoms with Crippen molar-refractivity contribution in [1.29, 1.82) is 0 Å². The summed E-state index contributed by atoms with van der Waals surface area (Å²) in [5.74, 6) is 1.30. The van der Waals surface area contributed by atoms with Gasteiger partial charge in [-0.3, -0.25) is 4.99 Å². The number of nitrogens with one attached hydrogen (secondary N) is 1. The second-order valence-corrected chi connectivity index (χ2v) is 6.58. The number of hydrogen-bond acceptors (Lipinski definition) is 4. The molecule has 1 aliphatic rings. The molecule has 0 amide bonds. The Morgan fingerprint density at radius 3 is 2.58 bits per heavy atom. The van der Waals surface area contributed by atoms with E-state index in [2.05, 4.69) is 46.0 Å². The summed E-state index contributed by atoms with van der Waals surface area (Å²) in [6, 6.07) is 6.74. The summed E-state index contributed by atoms with van der Waals surface area (Å²) in [5.41, 5.74) is 0.604. The summed E-state index contributed by atoms with van der Waals surface area (Å²) in [6.07, 6.45) is 3.50. The molecule has 26 heavy (non-hydrogen) atoms. The van der Waals surface area contributed by atoms with E-state index >= 15 is 0 Å². The summed E-state index contributed by atoms with van der Waals surface area (Å²) in [7, 11) is 1.74. The van der Waals surface area contributed by atoms with Gasteiger partial charge in [-0.15, -0.1) is 24.0 Å². The number of guanidine groups is 1. The fraction of sp³-hybridized carbons (Fsp3) is 0.353. The van der Waals surface area contributed by atoms with Gasteiger partial charge in [0.1, 0.15) is 5.82 Å². The monoisotopic (exact) mass is 534 g/mol. The molecular formula is C17H21BrFIN6. The maximum absolute atomic E-state index is 13.9. The number of piperazine rings is 1. The van der Waals surface area contributed by atoms with Gasteiger partial charge in [-0.05, 0) is 24.3 Å². The molecule has 0 atom stereocenters. The SMILES string of the molecule is CN=C(NCc1cc(Br)ccc1F)N1CCN(c2ncccn2)CC1.I. The predicted octanol–water partition coefficient (Wildman–Crippen LogP) is 2.89. The third-order valence-corrected chi connectivity index (χ3v) is 4.56. The maximum Gasteiger partial charge on any atom is 0.225 e. The molecule has 0 unspecified atom stereocenters. The molecular weight excluding hydrogens is 514 g/mol. The van der Waals surface area contributed by atoms with Crippen LogP contribution in [0.5, 0.6) is 0 Å². The number of hydrogen-bond donors (Lipinski definition) is 1. The average molecular weight is 535 g/mol. The van der Waals surface area contributed by atoms with E-state index in [1.807, 2.05) is 6.07 Å². The van der Waals surface area contributed by atoms with Crippen molar-refractivity contribution in [2.24, 2.45) is 4.99 Å². The van der Waals surface area contributed by atoms with Crippen LogP contribution < -0.4 is 10.2 Å². The largest absolute Gasteiger partial charge is 0.352 e. The van der Waals surface area contributed by atoms with E-state index in [1.165, 1.54) is 6.07 Å². The van der Waals surface area contributed by atoms with Crippen molar-refractivity contribution in [3.8, 4) is 0 Å². The van der Waals surface area contributed by atoms with Gasteiger partial charge in [0.15, 0.2) is 5.96 Å². The van der Waals surface area contributed by atoms with E-state index in [-0.39, 0.29) is 29.8 Å². The van der Waals surface area contributed by atoms with Gasteiger partial charge in [-0.1, -0.05) is 15.9 Å². The molecule has 0 aliphatic carbocycles. The number of rotatable bonds is 3. The Bertz CT molecular complexity index is 737. The minimum atomic E-state index is -0.225. The normalized spacial score (nSPS) is 14.8. The lowest BCUT2D eigenvalue weighted by molar-refractivity contribution is 0.369. The van der Waals surface area contributed by atoms with Gasteiger partial charge in [-0.2, -0.15) is 0 Å². The molecule has 1 fully saturated rings. The second kappa shape index (κ2) is 10.0. The highest BCUT2D eigenvalue weighted by atomic mass is 127.